The van der Waals surface area contributed by atoms with Crippen LogP contribution in [0.2, 0.25) is 0 Å². The number of hydrogen-bond donors (Lipinski definition) is 1. The SMILES string of the molecule is C=CCNC(=O)Cc1ccc(N(Cc2ccc(F)cc2)C(=O)c2ccccc2)cc1. The molecule has 0 aliphatic rings. The van der Waals surface area contributed by atoms with E-state index in [0.29, 0.717) is 24.3 Å². The summed E-state index contributed by atoms with van der Waals surface area (Å²) in [4.78, 5) is 26.7. The topological polar surface area (TPSA) is 49.4 Å². The van der Waals surface area contributed by atoms with E-state index in [9.17, 15) is 14.0 Å². The van der Waals surface area contributed by atoms with Crippen LogP contribution in [0.1, 0.15) is 21.5 Å². The molecular formula is C25H23FN2O2. The van der Waals surface area contributed by atoms with Gasteiger partial charge in [0, 0.05) is 17.8 Å². The third-order valence-corrected chi connectivity index (χ3v) is 4.58. The van der Waals surface area contributed by atoms with Crippen molar-refractivity contribution in [2.45, 2.75) is 13.0 Å². The average molecular weight is 402 g/mol. The molecule has 3 aromatic rings. The normalized spacial score (nSPS) is 10.3. The van der Waals surface area contributed by atoms with Crippen LogP contribution in [0, 0.1) is 5.82 Å². The molecule has 0 radical (unpaired) electrons. The second-order valence-corrected chi connectivity index (χ2v) is 6.82. The van der Waals surface area contributed by atoms with Crippen molar-refractivity contribution in [3.63, 3.8) is 0 Å². The van der Waals surface area contributed by atoms with Crippen LogP contribution in [-0.2, 0) is 17.8 Å². The van der Waals surface area contributed by atoms with Gasteiger partial charge in [-0.1, -0.05) is 48.5 Å². The molecule has 5 heteroatoms. The van der Waals surface area contributed by atoms with Gasteiger partial charge in [-0.25, -0.2) is 4.39 Å². The summed E-state index contributed by atoms with van der Waals surface area (Å²) in [6, 6.07) is 22.4. The number of rotatable bonds is 8. The molecule has 3 aromatic carbocycles. The van der Waals surface area contributed by atoms with Crippen LogP contribution in [0.15, 0.2) is 91.5 Å². The van der Waals surface area contributed by atoms with Crippen LogP contribution in [-0.4, -0.2) is 18.4 Å². The molecule has 0 heterocycles. The van der Waals surface area contributed by atoms with E-state index in [-0.39, 0.29) is 24.1 Å². The molecule has 0 saturated heterocycles. The van der Waals surface area contributed by atoms with Crippen molar-refractivity contribution in [2.24, 2.45) is 0 Å². The largest absolute Gasteiger partial charge is 0.352 e. The highest BCUT2D eigenvalue weighted by Crippen LogP contribution is 2.21. The van der Waals surface area contributed by atoms with E-state index < -0.39 is 0 Å². The number of anilines is 1. The summed E-state index contributed by atoms with van der Waals surface area (Å²) >= 11 is 0. The molecular weight excluding hydrogens is 379 g/mol. The molecule has 0 unspecified atom stereocenters. The Bertz CT molecular complexity index is 1000. The van der Waals surface area contributed by atoms with E-state index >= 15 is 0 Å². The number of halogens is 1. The fourth-order valence-corrected chi connectivity index (χ4v) is 3.02. The smallest absolute Gasteiger partial charge is 0.258 e. The van der Waals surface area contributed by atoms with Crippen molar-refractivity contribution in [1.29, 1.82) is 0 Å². The molecule has 0 aliphatic carbocycles. The Hall–Kier alpha value is -3.73. The molecule has 0 aromatic heterocycles. The quantitative estimate of drug-likeness (QED) is 0.564. The first kappa shape index (κ1) is 21.0. The third kappa shape index (κ3) is 5.64. The van der Waals surface area contributed by atoms with E-state index in [1.165, 1.54) is 12.1 Å². The molecule has 0 spiro atoms. The van der Waals surface area contributed by atoms with Crippen LogP contribution in [0.3, 0.4) is 0 Å². The van der Waals surface area contributed by atoms with Crippen molar-refractivity contribution in [3.8, 4) is 0 Å². The Morgan fingerprint density at radius 2 is 1.53 bits per heavy atom. The van der Waals surface area contributed by atoms with Gasteiger partial charge in [0.05, 0.1) is 13.0 Å². The Morgan fingerprint density at radius 3 is 2.17 bits per heavy atom. The number of nitrogens with zero attached hydrogens (tertiary/aromatic N) is 1. The Kier molecular flexibility index (Phi) is 7.11. The fourth-order valence-electron chi connectivity index (χ4n) is 3.02. The van der Waals surface area contributed by atoms with Crippen molar-refractivity contribution in [1.82, 2.24) is 5.32 Å². The zero-order valence-electron chi connectivity index (χ0n) is 16.6. The first-order valence-electron chi connectivity index (χ1n) is 9.64. The van der Waals surface area contributed by atoms with Crippen LogP contribution in [0.4, 0.5) is 10.1 Å². The van der Waals surface area contributed by atoms with Crippen LogP contribution in [0.5, 0.6) is 0 Å². The second-order valence-electron chi connectivity index (χ2n) is 6.82. The van der Waals surface area contributed by atoms with Gasteiger partial charge in [0.15, 0.2) is 0 Å². The average Bonchev–Trinajstić information content (AvgIpc) is 2.78. The lowest BCUT2D eigenvalue weighted by molar-refractivity contribution is -0.120. The number of amides is 2. The van der Waals surface area contributed by atoms with Gasteiger partial charge < -0.3 is 10.2 Å². The Balaban J connectivity index is 1.83. The first-order chi connectivity index (χ1) is 14.6. The molecule has 152 valence electrons. The molecule has 3 rings (SSSR count). The highest BCUT2D eigenvalue weighted by Gasteiger charge is 2.18. The van der Waals surface area contributed by atoms with Crippen molar-refractivity contribution >= 4 is 17.5 Å². The molecule has 0 atom stereocenters. The lowest BCUT2D eigenvalue weighted by Gasteiger charge is -2.23. The van der Waals surface area contributed by atoms with Crippen LogP contribution >= 0.6 is 0 Å². The van der Waals surface area contributed by atoms with E-state index in [0.717, 1.165) is 11.1 Å². The molecule has 4 nitrogen and oxygen atoms in total. The zero-order chi connectivity index (χ0) is 21.3. The standard InChI is InChI=1S/C25H23FN2O2/c1-2-16-27-24(29)17-19-10-14-23(15-11-19)28(18-20-8-12-22(26)13-9-20)25(30)21-6-4-3-5-7-21/h2-15H,1,16-18H2,(H,27,29). The lowest BCUT2D eigenvalue weighted by Crippen LogP contribution is -2.30. The predicted octanol–water partition coefficient (Wildman–Crippen LogP) is 4.52. The number of benzene rings is 3. The van der Waals surface area contributed by atoms with Crippen molar-refractivity contribution in [3.05, 3.63) is 114 Å². The lowest BCUT2D eigenvalue weighted by atomic mass is 10.1. The van der Waals surface area contributed by atoms with Gasteiger partial charge in [-0.3, -0.25) is 9.59 Å². The number of carbonyl (C=O) groups is 2. The predicted molar refractivity (Wildman–Crippen MR) is 117 cm³/mol. The van der Waals surface area contributed by atoms with Crippen molar-refractivity contribution < 1.29 is 14.0 Å². The minimum atomic E-state index is -0.321. The zero-order valence-corrected chi connectivity index (χ0v) is 16.6. The molecule has 0 aliphatic heterocycles. The third-order valence-electron chi connectivity index (χ3n) is 4.58. The molecule has 1 N–H and O–H groups in total. The molecule has 0 bridgehead atoms. The van der Waals surface area contributed by atoms with Gasteiger partial charge in [-0.15, -0.1) is 6.58 Å². The van der Waals surface area contributed by atoms with E-state index in [1.807, 2.05) is 42.5 Å². The Labute approximate surface area is 175 Å². The number of hydrogen-bond acceptors (Lipinski definition) is 2. The summed E-state index contributed by atoms with van der Waals surface area (Å²) in [6.45, 7) is 4.30. The van der Waals surface area contributed by atoms with Gasteiger partial charge in [0.25, 0.3) is 5.91 Å². The van der Waals surface area contributed by atoms with Crippen LogP contribution in [0.25, 0.3) is 0 Å². The molecule has 0 fully saturated rings. The van der Waals surface area contributed by atoms with Gasteiger partial charge in [0.2, 0.25) is 5.91 Å². The monoisotopic (exact) mass is 402 g/mol. The molecule has 2 amide bonds. The van der Waals surface area contributed by atoms with Gasteiger partial charge in [0.1, 0.15) is 5.82 Å². The van der Waals surface area contributed by atoms with Crippen LogP contribution < -0.4 is 10.2 Å². The molecule has 0 saturated carbocycles. The maximum Gasteiger partial charge on any atom is 0.258 e. The number of nitrogens with one attached hydrogen (secondary N) is 1. The minimum absolute atomic E-state index is 0.0915. The van der Waals surface area contributed by atoms with E-state index in [4.69, 9.17) is 0 Å². The number of carbonyl (C=O) groups excluding carboxylic acids is 2. The summed E-state index contributed by atoms with van der Waals surface area (Å²) < 4.78 is 13.3. The van der Waals surface area contributed by atoms with Gasteiger partial charge >= 0.3 is 0 Å². The molecule has 30 heavy (non-hydrogen) atoms. The Morgan fingerprint density at radius 1 is 0.900 bits per heavy atom. The second kappa shape index (κ2) is 10.2. The van der Waals surface area contributed by atoms with Gasteiger partial charge in [-0.05, 0) is 47.5 Å². The minimum Gasteiger partial charge on any atom is -0.352 e. The van der Waals surface area contributed by atoms with E-state index in [1.54, 1.807) is 35.2 Å². The highest BCUT2D eigenvalue weighted by atomic mass is 19.1. The highest BCUT2D eigenvalue weighted by molar-refractivity contribution is 6.06. The summed E-state index contributed by atoms with van der Waals surface area (Å²) in [5, 5.41) is 2.74. The first-order valence-corrected chi connectivity index (χ1v) is 9.64. The summed E-state index contributed by atoms with van der Waals surface area (Å²) in [5.41, 5.74) is 2.92. The summed E-state index contributed by atoms with van der Waals surface area (Å²) in [5.74, 6) is -0.568. The van der Waals surface area contributed by atoms with E-state index in [2.05, 4.69) is 11.9 Å². The summed E-state index contributed by atoms with van der Waals surface area (Å²) in [7, 11) is 0. The summed E-state index contributed by atoms with van der Waals surface area (Å²) in [6.07, 6.45) is 1.88. The van der Waals surface area contributed by atoms with Gasteiger partial charge in [-0.2, -0.15) is 0 Å². The fraction of sp³-hybridized carbons (Fsp3) is 0.120. The maximum absolute atomic E-state index is 13.3. The maximum atomic E-state index is 13.3. The van der Waals surface area contributed by atoms with Crippen molar-refractivity contribution in [2.75, 3.05) is 11.4 Å².